The Kier molecular flexibility index (Phi) is 3.37. The fraction of sp³-hybridized carbons (Fsp3) is 0.300. The average Bonchev–Trinajstić information content (AvgIpc) is 2.66. The second kappa shape index (κ2) is 4.61. The molecule has 2 rings (SSSR count). The van der Waals surface area contributed by atoms with Gasteiger partial charge in [0.05, 0.1) is 5.37 Å². The van der Waals surface area contributed by atoms with E-state index in [4.69, 9.17) is 16.7 Å². The van der Waals surface area contributed by atoms with Gasteiger partial charge in [0.2, 0.25) is 0 Å². The molecule has 1 aliphatic rings. The molecule has 0 bridgehead atoms. The van der Waals surface area contributed by atoms with Crippen LogP contribution in [0.5, 0.6) is 0 Å². The fourth-order valence-corrected chi connectivity index (χ4v) is 2.92. The molecule has 0 aromatic heterocycles. The van der Waals surface area contributed by atoms with Crippen LogP contribution < -0.4 is 5.32 Å². The first-order valence-electron chi connectivity index (χ1n) is 4.63. The lowest BCUT2D eigenvalue weighted by Crippen LogP contribution is -2.33. The third-order valence-corrected chi connectivity index (χ3v) is 3.81. The van der Waals surface area contributed by atoms with Gasteiger partial charge in [0.1, 0.15) is 11.9 Å². The molecule has 1 saturated heterocycles. The monoisotopic (exact) mass is 261 g/mol. The van der Waals surface area contributed by atoms with E-state index in [1.165, 1.54) is 17.8 Å². The summed E-state index contributed by atoms with van der Waals surface area (Å²) >= 11 is 7.02. The van der Waals surface area contributed by atoms with Gasteiger partial charge in [-0.05, 0) is 12.1 Å². The number of carbonyl (C=O) groups is 1. The summed E-state index contributed by atoms with van der Waals surface area (Å²) in [4.78, 5) is 10.7. The van der Waals surface area contributed by atoms with E-state index in [1.54, 1.807) is 12.1 Å². The van der Waals surface area contributed by atoms with E-state index in [0.29, 0.717) is 16.3 Å². The quantitative estimate of drug-likeness (QED) is 0.858. The fourth-order valence-electron chi connectivity index (χ4n) is 1.51. The first-order valence-corrected chi connectivity index (χ1v) is 6.06. The predicted octanol–water partition coefficient (Wildman–Crippen LogP) is 2.27. The van der Waals surface area contributed by atoms with E-state index in [-0.39, 0.29) is 5.37 Å². The van der Waals surface area contributed by atoms with Crippen molar-refractivity contribution in [2.24, 2.45) is 0 Å². The van der Waals surface area contributed by atoms with E-state index in [9.17, 15) is 9.18 Å². The highest BCUT2D eigenvalue weighted by Crippen LogP contribution is 2.34. The predicted molar refractivity (Wildman–Crippen MR) is 61.2 cm³/mol. The molecule has 1 unspecified atom stereocenters. The van der Waals surface area contributed by atoms with Crippen molar-refractivity contribution in [3.05, 3.63) is 34.6 Å². The van der Waals surface area contributed by atoms with Crippen molar-refractivity contribution in [1.82, 2.24) is 5.32 Å². The van der Waals surface area contributed by atoms with Crippen LogP contribution in [0.15, 0.2) is 18.2 Å². The Bertz CT molecular complexity index is 429. The molecule has 16 heavy (non-hydrogen) atoms. The summed E-state index contributed by atoms with van der Waals surface area (Å²) in [5, 5.41) is 11.7. The summed E-state index contributed by atoms with van der Waals surface area (Å²) in [5.41, 5.74) is 0.443. The third kappa shape index (κ3) is 2.31. The largest absolute Gasteiger partial charge is 0.480 e. The van der Waals surface area contributed by atoms with E-state index in [2.05, 4.69) is 5.32 Å². The maximum Gasteiger partial charge on any atom is 0.321 e. The highest BCUT2D eigenvalue weighted by Gasteiger charge is 2.31. The summed E-state index contributed by atoms with van der Waals surface area (Å²) in [6, 6.07) is 3.78. The highest BCUT2D eigenvalue weighted by molar-refractivity contribution is 7.99. The Morgan fingerprint density at radius 2 is 2.38 bits per heavy atom. The van der Waals surface area contributed by atoms with Crippen molar-refractivity contribution in [3.8, 4) is 0 Å². The molecule has 2 N–H and O–H groups in total. The van der Waals surface area contributed by atoms with E-state index >= 15 is 0 Å². The first-order chi connectivity index (χ1) is 7.58. The Balaban J connectivity index is 2.17. The van der Waals surface area contributed by atoms with Crippen molar-refractivity contribution >= 4 is 29.3 Å². The normalized spacial score (nSPS) is 24.6. The molecule has 6 heteroatoms. The lowest BCUT2D eigenvalue weighted by atomic mass is 10.2. The van der Waals surface area contributed by atoms with Gasteiger partial charge in [0.25, 0.3) is 0 Å². The summed E-state index contributed by atoms with van der Waals surface area (Å²) in [7, 11) is 0. The zero-order valence-corrected chi connectivity index (χ0v) is 9.69. The highest BCUT2D eigenvalue weighted by atomic mass is 35.5. The number of aliphatic carboxylic acids is 1. The number of thioether (sulfide) groups is 1. The average molecular weight is 262 g/mol. The standard InChI is InChI=1S/C10H9ClFNO2S/c11-5-1-2-6(7(12)3-5)9-13-8(4-16-9)10(14)15/h1-3,8-9,13H,4H2,(H,14,15)/t8-,9?/m1/s1. The summed E-state index contributed by atoms with van der Waals surface area (Å²) in [5.74, 6) is -0.893. The molecule has 1 fully saturated rings. The molecular weight excluding hydrogens is 253 g/mol. The second-order valence-electron chi connectivity index (χ2n) is 3.44. The molecule has 1 aromatic rings. The molecule has 1 heterocycles. The number of halogens is 2. The molecule has 3 nitrogen and oxygen atoms in total. The molecule has 0 radical (unpaired) electrons. The number of nitrogens with one attached hydrogen (secondary N) is 1. The van der Waals surface area contributed by atoms with Gasteiger partial charge in [-0.2, -0.15) is 0 Å². The second-order valence-corrected chi connectivity index (χ2v) is 5.01. The maximum atomic E-state index is 13.5. The zero-order valence-electron chi connectivity index (χ0n) is 8.11. The number of carboxylic acid groups (broad SMARTS) is 1. The molecule has 0 amide bonds. The number of hydrogen-bond acceptors (Lipinski definition) is 3. The van der Waals surface area contributed by atoms with Crippen LogP contribution in [0.3, 0.4) is 0 Å². The Morgan fingerprint density at radius 1 is 1.62 bits per heavy atom. The zero-order chi connectivity index (χ0) is 11.7. The van der Waals surface area contributed by atoms with Crippen LogP contribution in [0.1, 0.15) is 10.9 Å². The summed E-state index contributed by atoms with van der Waals surface area (Å²) < 4.78 is 13.5. The van der Waals surface area contributed by atoms with Gasteiger partial charge in [-0.15, -0.1) is 11.8 Å². The van der Waals surface area contributed by atoms with Crippen molar-refractivity contribution in [1.29, 1.82) is 0 Å². The Labute approximate surface area is 101 Å². The van der Waals surface area contributed by atoms with Gasteiger partial charge < -0.3 is 5.11 Å². The SMILES string of the molecule is O=C(O)[C@H]1CSC(c2ccc(Cl)cc2F)N1. The Hall–Kier alpha value is -0.780. The van der Waals surface area contributed by atoms with E-state index in [1.807, 2.05) is 0 Å². The van der Waals surface area contributed by atoms with Gasteiger partial charge in [0.15, 0.2) is 0 Å². The van der Waals surface area contributed by atoms with Crippen molar-refractivity contribution in [3.63, 3.8) is 0 Å². The van der Waals surface area contributed by atoms with Gasteiger partial charge in [0, 0.05) is 16.3 Å². The lowest BCUT2D eigenvalue weighted by molar-refractivity contribution is -0.138. The minimum Gasteiger partial charge on any atom is -0.480 e. The number of benzene rings is 1. The minimum absolute atomic E-state index is 0.321. The molecule has 1 aromatic carbocycles. The molecular formula is C10H9ClFNO2S. The van der Waals surface area contributed by atoms with E-state index < -0.39 is 17.8 Å². The molecule has 0 saturated carbocycles. The maximum absolute atomic E-state index is 13.5. The van der Waals surface area contributed by atoms with E-state index in [0.717, 1.165) is 0 Å². The van der Waals surface area contributed by atoms with Gasteiger partial charge >= 0.3 is 5.97 Å². The van der Waals surface area contributed by atoms with Crippen LogP contribution in [-0.4, -0.2) is 22.9 Å². The summed E-state index contributed by atoms with van der Waals surface area (Å²) in [6.07, 6.45) is 0. The molecule has 1 aliphatic heterocycles. The first kappa shape index (κ1) is 11.7. The number of rotatable bonds is 2. The number of carboxylic acids is 1. The minimum atomic E-state index is -0.913. The third-order valence-electron chi connectivity index (χ3n) is 2.33. The van der Waals surface area contributed by atoms with Gasteiger partial charge in [-0.1, -0.05) is 17.7 Å². The van der Waals surface area contributed by atoms with Crippen molar-refractivity contribution in [2.45, 2.75) is 11.4 Å². The molecule has 2 atom stereocenters. The molecule has 86 valence electrons. The van der Waals surface area contributed by atoms with Gasteiger partial charge in [-0.3, -0.25) is 10.1 Å². The molecule has 0 spiro atoms. The van der Waals surface area contributed by atoms with Crippen LogP contribution in [0.4, 0.5) is 4.39 Å². The summed E-state index contributed by atoms with van der Waals surface area (Å²) in [6.45, 7) is 0. The topological polar surface area (TPSA) is 49.3 Å². The number of hydrogen-bond donors (Lipinski definition) is 2. The van der Waals surface area contributed by atoms with Crippen LogP contribution in [0.25, 0.3) is 0 Å². The molecule has 0 aliphatic carbocycles. The van der Waals surface area contributed by atoms with Crippen LogP contribution in [0, 0.1) is 5.82 Å². The van der Waals surface area contributed by atoms with Crippen LogP contribution in [-0.2, 0) is 4.79 Å². The lowest BCUT2D eigenvalue weighted by Gasteiger charge is -2.12. The van der Waals surface area contributed by atoms with Crippen molar-refractivity contribution < 1.29 is 14.3 Å². The van der Waals surface area contributed by atoms with Gasteiger partial charge in [-0.25, -0.2) is 4.39 Å². The van der Waals surface area contributed by atoms with Crippen LogP contribution >= 0.6 is 23.4 Å². The van der Waals surface area contributed by atoms with Crippen molar-refractivity contribution in [2.75, 3.05) is 5.75 Å². The smallest absolute Gasteiger partial charge is 0.321 e. The Morgan fingerprint density at radius 3 is 2.94 bits per heavy atom. The van der Waals surface area contributed by atoms with Crippen LogP contribution in [0.2, 0.25) is 5.02 Å².